The third kappa shape index (κ3) is 4.63. The lowest BCUT2D eigenvalue weighted by molar-refractivity contribution is 0.0601. The summed E-state index contributed by atoms with van der Waals surface area (Å²) in [5, 5.41) is 3.25. The van der Waals surface area contributed by atoms with Gasteiger partial charge in [-0.2, -0.15) is 4.31 Å². The number of aryl methyl sites for hydroxylation is 1. The highest BCUT2D eigenvalue weighted by Crippen LogP contribution is 2.39. The molecule has 1 amide bonds. The molecule has 1 aromatic heterocycles. The molecule has 0 radical (unpaired) electrons. The van der Waals surface area contributed by atoms with E-state index < -0.39 is 21.9 Å². The predicted molar refractivity (Wildman–Crippen MR) is 121 cm³/mol. The number of amides is 1. The van der Waals surface area contributed by atoms with Gasteiger partial charge in [-0.25, -0.2) is 13.2 Å². The molecule has 1 aliphatic rings. The molecule has 9 heteroatoms. The number of carbonyl (C=O) groups excluding carboxylic acids is 2. The third-order valence-electron chi connectivity index (χ3n) is 4.96. The van der Waals surface area contributed by atoms with Crippen LogP contribution in [0.1, 0.15) is 37.6 Å². The number of anilines is 1. The van der Waals surface area contributed by atoms with Gasteiger partial charge < -0.3 is 10.1 Å². The highest BCUT2D eigenvalue weighted by atomic mass is 32.2. The number of ether oxygens (including phenoxy) is 1. The summed E-state index contributed by atoms with van der Waals surface area (Å²) in [6.07, 6.45) is 5.63. The normalized spacial score (nSPS) is 13.0. The predicted octanol–water partition coefficient (Wildman–Crippen LogP) is 3.64. The fraction of sp³-hybridized carbons (Fsp3) is 0.273. The van der Waals surface area contributed by atoms with Crippen LogP contribution >= 0.6 is 11.3 Å². The standard InChI is InChI=1S/C22H24N2O5S2/c1-4-13-24(14-5-2)31(27,28)16-11-9-15(10-12-16)20(25)23-21-19(22(26)29-3)17-7-6-8-18(17)30-21/h4-5,9-12H,1-2,6-8,13-14H2,3H3,(H,23,25). The molecule has 0 fully saturated rings. The zero-order valence-electron chi connectivity index (χ0n) is 17.2. The number of rotatable bonds is 9. The van der Waals surface area contributed by atoms with E-state index in [1.165, 1.54) is 59.2 Å². The van der Waals surface area contributed by atoms with Gasteiger partial charge in [-0.1, -0.05) is 12.2 Å². The maximum Gasteiger partial charge on any atom is 0.341 e. The molecule has 31 heavy (non-hydrogen) atoms. The fourth-order valence-electron chi connectivity index (χ4n) is 3.47. The molecule has 0 spiro atoms. The zero-order chi connectivity index (χ0) is 22.6. The molecule has 1 heterocycles. The molecular formula is C22H24N2O5S2. The Hall–Kier alpha value is -2.75. The summed E-state index contributed by atoms with van der Waals surface area (Å²) in [5.74, 6) is -0.899. The number of sulfonamides is 1. The molecule has 0 saturated carbocycles. The summed E-state index contributed by atoms with van der Waals surface area (Å²) in [6.45, 7) is 7.47. The lowest BCUT2D eigenvalue weighted by Crippen LogP contribution is -2.31. The molecule has 2 aromatic rings. The second-order valence-electron chi connectivity index (χ2n) is 6.93. The Morgan fingerprint density at radius 1 is 1.16 bits per heavy atom. The quantitative estimate of drug-likeness (QED) is 0.456. The number of esters is 1. The molecule has 0 aliphatic heterocycles. The van der Waals surface area contributed by atoms with Crippen LogP contribution in [0.15, 0.2) is 54.5 Å². The Labute approximate surface area is 186 Å². The van der Waals surface area contributed by atoms with Gasteiger partial charge in [0.1, 0.15) is 5.00 Å². The van der Waals surface area contributed by atoms with E-state index in [4.69, 9.17) is 4.74 Å². The smallest absolute Gasteiger partial charge is 0.341 e. The fourth-order valence-corrected chi connectivity index (χ4v) is 6.13. The molecule has 7 nitrogen and oxygen atoms in total. The maximum absolute atomic E-state index is 12.8. The van der Waals surface area contributed by atoms with Crippen molar-refractivity contribution in [2.75, 3.05) is 25.5 Å². The first-order valence-corrected chi connectivity index (χ1v) is 11.9. The maximum atomic E-state index is 12.8. The van der Waals surface area contributed by atoms with Crippen LogP contribution in [0.2, 0.25) is 0 Å². The van der Waals surface area contributed by atoms with Crippen LogP contribution in [-0.2, 0) is 27.6 Å². The van der Waals surface area contributed by atoms with Gasteiger partial charge in [0.25, 0.3) is 5.91 Å². The number of nitrogens with zero attached hydrogens (tertiary/aromatic N) is 1. The zero-order valence-corrected chi connectivity index (χ0v) is 18.9. The van der Waals surface area contributed by atoms with E-state index in [1.54, 1.807) is 0 Å². The molecule has 0 saturated heterocycles. The molecule has 164 valence electrons. The number of carbonyl (C=O) groups is 2. The summed E-state index contributed by atoms with van der Waals surface area (Å²) in [5.41, 5.74) is 1.64. The van der Waals surface area contributed by atoms with Crippen molar-refractivity contribution in [3.8, 4) is 0 Å². The Morgan fingerprint density at radius 3 is 2.39 bits per heavy atom. The summed E-state index contributed by atoms with van der Waals surface area (Å²) in [6, 6.07) is 5.67. The summed E-state index contributed by atoms with van der Waals surface area (Å²) >= 11 is 1.38. The van der Waals surface area contributed by atoms with Crippen LogP contribution in [-0.4, -0.2) is 44.8 Å². The van der Waals surface area contributed by atoms with E-state index in [2.05, 4.69) is 18.5 Å². The van der Waals surface area contributed by atoms with E-state index in [0.717, 1.165) is 29.7 Å². The lowest BCUT2D eigenvalue weighted by atomic mass is 10.1. The monoisotopic (exact) mass is 460 g/mol. The van der Waals surface area contributed by atoms with E-state index in [-0.39, 0.29) is 23.5 Å². The van der Waals surface area contributed by atoms with Gasteiger partial charge in [-0.3, -0.25) is 4.79 Å². The van der Waals surface area contributed by atoms with Crippen LogP contribution in [0.3, 0.4) is 0 Å². The van der Waals surface area contributed by atoms with Gasteiger partial charge in [0.05, 0.1) is 17.6 Å². The highest BCUT2D eigenvalue weighted by molar-refractivity contribution is 7.89. The molecule has 1 aromatic carbocycles. The average Bonchev–Trinajstić information content (AvgIpc) is 3.34. The second-order valence-corrected chi connectivity index (χ2v) is 9.97. The minimum absolute atomic E-state index is 0.0677. The molecule has 0 atom stereocenters. The molecule has 3 rings (SSSR count). The Balaban J connectivity index is 1.83. The number of methoxy groups -OCH3 is 1. The van der Waals surface area contributed by atoms with Crippen molar-refractivity contribution in [2.24, 2.45) is 0 Å². The first kappa shape index (κ1) is 22.9. The highest BCUT2D eigenvalue weighted by Gasteiger charge is 2.28. The van der Waals surface area contributed by atoms with Crippen LogP contribution in [0.4, 0.5) is 5.00 Å². The van der Waals surface area contributed by atoms with Gasteiger partial charge in [0.2, 0.25) is 10.0 Å². The van der Waals surface area contributed by atoms with E-state index in [0.29, 0.717) is 10.6 Å². The summed E-state index contributed by atoms with van der Waals surface area (Å²) in [7, 11) is -2.43. The largest absolute Gasteiger partial charge is 0.465 e. The Bertz CT molecular complexity index is 1110. The van der Waals surface area contributed by atoms with Gasteiger partial charge in [-0.05, 0) is 49.1 Å². The molecule has 0 unspecified atom stereocenters. The first-order valence-electron chi connectivity index (χ1n) is 9.69. The summed E-state index contributed by atoms with van der Waals surface area (Å²) < 4.78 is 31.7. The first-order chi connectivity index (χ1) is 14.8. The number of thiophene rings is 1. The van der Waals surface area contributed by atoms with Crippen LogP contribution in [0.5, 0.6) is 0 Å². The molecule has 0 bridgehead atoms. The minimum atomic E-state index is -3.75. The molecular weight excluding hydrogens is 436 g/mol. The number of fused-ring (bicyclic) bond motifs is 1. The summed E-state index contributed by atoms with van der Waals surface area (Å²) in [4.78, 5) is 26.2. The number of benzene rings is 1. The van der Waals surface area contributed by atoms with Crippen molar-refractivity contribution in [2.45, 2.75) is 24.2 Å². The van der Waals surface area contributed by atoms with Crippen molar-refractivity contribution >= 4 is 38.2 Å². The van der Waals surface area contributed by atoms with Gasteiger partial charge >= 0.3 is 5.97 Å². The lowest BCUT2D eigenvalue weighted by Gasteiger charge is -2.19. The van der Waals surface area contributed by atoms with E-state index >= 15 is 0 Å². The van der Waals surface area contributed by atoms with Gasteiger partial charge in [0, 0.05) is 23.5 Å². The topological polar surface area (TPSA) is 92.8 Å². The molecule has 1 N–H and O–H groups in total. The van der Waals surface area contributed by atoms with Crippen molar-refractivity contribution in [3.05, 3.63) is 71.1 Å². The molecule has 1 aliphatic carbocycles. The number of nitrogens with one attached hydrogen (secondary N) is 1. The van der Waals surface area contributed by atoms with Crippen molar-refractivity contribution in [1.82, 2.24) is 4.31 Å². The van der Waals surface area contributed by atoms with Gasteiger partial charge in [-0.15, -0.1) is 24.5 Å². The third-order valence-corrected chi connectivity index (χ3v) is 8.01. The Kier molecular flexibility index (Phi) is 7.09. The van der Waals surface area contributed by atoms with Crippen molar-refractivity contribution < 1.29 is 22.7 Å². The van der Waals surface area contributed by atoms with E-state index in [1.807, 2.05) is 0 Å². The van der Waals surface area contributed by atoms with Gasteiger partial charge in [0.15, 0.2) is 0 Å². The second kappa shape index (κ2) is 9.59. The average molecular weight is 461 g/mol. The van der Waals surface area contributed by atoms with Crippen LogP contribution in [0, 0.1) is 0 Å². The number of hydrogen-bond acceptors (Lipinski definition) is 6. The number of hydrogen-bond donors (Lipinski definition) is 1. The van der Waals surface area contributed by atoms with Crippen LogP contribution in [0.25, 0.3) is 0 Å². The Morgan fingerprint density at radius 2 is 1.81 bits per heavy atom. The minimum Gasteiger partial charge on any atom is -0.465 e. The van der Waals surface area contributed by atoms with Crippen LogP contribution < -0.4 is 5.32 Å². The van der Waals surface area contributed by atoms with Crippen molar-refractivity contribution in [3.63, 3.8) is 0 Å². The SMILES string of the molecule is C=CCN(CC=C)S(=O)(=O)c1ccc(C(=O)Nc2sc3c(c2C(=O)OC)CCC3)cc1. The van der Waals surface area contributed by atoms with E-state index in [9.17, 15) is 18.0 Å². The van der Waals surface area contributed by atoms with Crippen molar-refractivity contribution in [1.29, 1.82) is 0 Å².